The molecule has 1 atom stereocenters. The van der Waals surface area contributed by atoms with Crippen LogP contribution in [0, 0.1) is 12.8 Å². The topological polar surface area (TPSA) is 67.4 Å². The summed E-state index contributed by atoms with van der Waals surface area (Å²) in [6.07, 6.45) is 4.79. The first-order chi connectivity index (χ1) is 10.7. The molecule has 2 heterocycles. The van der Waals surface area contributed by atoms with Gasteiger partial charge in [-0.3, -0.25) is 4.79 Å². The molecule has 1 aromatic rings. The van der Waals surface area contributed by atoms with Gasteiger partial charge in [0.25, 0.3) is 5.91 Å². The van der Waals surface area contributed by atoms with E-state index in [1.54, 1.807) is 13.1 Å². The molecule has 1 aromatic heterocycles. The van der Waals surface area contributed by atoms with Gasteiger partial charge in [0.2, 0.25) is 5.95 Å². The molecular formula is C16H24N4O2. The van der Waals surface area contributed by atoms with E-state index in [-0.39, 0.29) is 12.0 Å². The first-order valence-electron chi connectivity index (χ1n) is 8.10. The standard InChI is InChI=1S/C16H24N4O2/c1-11-8-14(19-16(17-2)18-11)15(21)20-7-3-4-13(9-20)22-10-12-5-6-12/h8,12-13H,3-7,9-10H2,1-2H3,(H,17,18,19). The molecule has 0 spiro atoms. The number of likely N-dealkylation sites (tertiary alicyclic amines) is 1. The van der Waals surface area contributed by atoms with Crippen molar-refractivity contribution in [1.29, 1.82) is 0 Å². The average molecular weight is 304 g/mol. The zero-order valence-corrected chi connectivity index (χ0v) is 13.3. The predicted molar refractivity (Wildman–Crippen MR) is 83.9 cm³/mol. The zero-order chi connectivity index (χ0) is 15.5. The third-order valence-corrected chi connectivity index (χ3v) is 4.23. The molecule has 0 aromatic carbocycles. The van der Waals surface area contributed by atoms with Crippen LogP contribution in [0.25, 0.3) is 0 Å². The number of aryl methyl sites for hydroxylation is 1. The van der Waals surface area contributed by atoms with Crippen molar-refractivity contribution in [3.05, 3.63) is 17.5 Å². The normalized spacial score (nSPS) is 21.7. The Morgan fingerprint density at radius 3 is 2.95 bits per heavy atom. The van der Waals surface area contributed by atoms with E-state index in [0.29, 0.717) is 18.2 Å². The summed E-state index contributed by atoms with van der Waals surface area (Å²) in [6, 6.07) is 1.75. The number of hydrogen-bond acceptors (Lipinski definition) is 5. The van der Waals surface area contributed by atoms with Crippen molar-refractivity contribution in [3.63, 3.8) is 0 Å². The Labute approximate surface area is 131 Å². The number of aromatic nitrogens is 2. The minimum atomic E-state index is -0.0262. The monoisotopic (exact) mass is 304 g/mol. The third kappa shape index (κ3) is 3.74. The van der Waals surface area contributed by atoms with Crippen LogP contribution in [0.3, 0.4) is 0 Å². The second-order valence-corrected chi connectivity index (χ2v) is 6.26. The molecular weight excluding hydrogens is 280 g/mol. The number of nitrogens with zero attached hydrogens (tertiary/aromatic N) is 3. The number of anilines is 1. The quantitative estimate of drug-likeness (QED) is 0.899. The molecule has 6 nitrogen and oxygen atoms in total. The lowest BCUT2D eigenvalue weighted by atomic mass is 10.1. The van der Waals surface area contributed by atoms with Crippen molar-refractivity contribution >= 4 is 11.9 Å². The van der Waals surface area contributed by atoms with E-state index >= 15 is 0 Å². The van der Waals surface area contributed by atoms with Crippen LogP contribution in [0.1, 0.15) is 41.9 Å². The Bertz CT molecular complexity index is 545. The number of hydrogen-bond donors (Lipinski definition) is 1. The van der Waals surface area contributed by atoms with Crippen LogP contribution < -0.4 is 5.32 Å². The van der Waals surface area contributed by atoms with E-state index in [4.69, 9.17) is 4.74 Å². The molecule has 2 fully saturated rings. The molecule has 1 N–H and O–H groups in total. The molecule has 0 bridgehead atoms. The SMILES string of the molecule is CNc1nc(C)cc(C(=O)N2CCCC(OCC3CC3)C2)n1. The summed E-state index contributed by atoms with van der Waals surface area (Å²) in [6.45, 7) is 4.17. The smallest absolute Gasteiger partial charge is 0.272 e. The van der Waals surface area contributed by atoms with E-state index in [1.165, 1.54) is 12.8 Å². The van der Waals surface area contributed by atoms with Crippen molar-refractivity contribution in [2.75, 3.05) is 32.1 Å². The molecule has 6 heteroatoms. The fourth-order valence-corrected chi connectivity index (χ4v) is 2.77. The maximum atomic E-state index is 12.7. The van der Waals surface area contributed by atoms with Gasteiger partial charge in [0, 0.05) is 32.4 Å². The Kier molecular flexibility index (Phi) is 4.57. The van der Waals surface area contributed by atoms with Gasteiger partial charge in [-0.05, 0) is 44.6 Å². The van der Waals surface area contributed by atoms with Crippen molar-refractivity contribution < 1.29 is 9.53 Å². The Balaban J connectivity index is 1.64. The van der Waals surface area contributed by atoms with Gasteiger partial charge < -0.3 is 15.0 Å². The Morgan fingerprint density at radius 2 is 2.23 bits per heavy atom. The van der Waals surface area contributed by atoms with Crippen molar-refractivity contribution in [2.24, 2.45) is 5.92 Å². The van der Waals surface area contributed by atoms with Gasteiger partial charge in [-0.15, -0.1) is 0 Å². The fraction of sp³-hybridized carbons (Fsp3) is 0.688. The summed E-state index contributed by atoms with van der Waals surface area (Å²) in [7, 11) is 1.76. The molecule has 1 aliphatic carbocycles. The molecule has 2 aliphatic rings. The largest absolute Gasteiger partial charge is 0.376 e. The third-order valence-electron chi connectivity index (χ3n) is 4.23. The maximum Gasteiger partial charge on any atom is 0.272 e. The summed E-state index contributed by atoms with van der Waals surface area (Å²) in [5.74, 6) is 1.22. The lowest BCUT2D eigenvalue weighted by Crippen LogP contribution is -2.43. The first-order valence-corrected chi connectivity index (χ1v) is 8.10. The zero-order valence-electron chi connectivity index (χ0n) is 13.3. The van der Waals surface area contributed by atoms with Crippen LogP contribution in [0.5, 0.6) is 0 Å². The highest BCUT2D eigenvalue weighted by Gasteiger charge is 2.28. The maximum absolute atomic E-state index is 12.7. The van der Waals surface area contributed by atoms with Gasteiger partial charge >= 0.3 is 0 Å². The van der Waals surface area contributed by atoms with Crippen LogP contribution >= 0.6 is 0 Å². The summed E-state index contributed by atoms with van der Waals surface area (Å²) < 4.78 is 5.95. The minimum absolute atomic E-state index is 0.0262. The molecule has 1 saturated heterocycles. The number of carbonyl (C=O) groups is 1. The van der Waals surface area contributed by atoms with Crippen LogP contribution in [0.15, 0.2) is 6.07 Å². The second kappa shape index (κ2) is 6.60. The van der Waals surface area contributed by atoms with Crippen molar-refractivity contribution in [2.45, 2.75) is 38.7 Å². The average Bonchev–Trinajstić information content (AvgIpc) is 3.36. The molecule has 1 unspecified atom stereocenters. The molecule has 1 aliphatic heterocycles. The highest BCUT2D eigenvalue weighted by Crippen LogP contribution is 2.30. The predicted octanol–water partition coefficient (Wildman–Crippen LogP) is 1.86. The van der Waals surface area contributed by atoms with Gasteiger partial charge in [-0.2, -0.15) is 0 Å². The molecule has 1 amide bonds. The van der Waals surface area contributed by atoms with Gasteiger partial charge in [-0.25, -0.2) is 9.97 Å². The number of piperidine rings is 1. The molecule has 1 saturated carbocycles. The van der Waals surface area contributed by atoms with Crippen LogP contribution in [-0.4, -0.2) is 53.6 Å². The van der Waals surface area contributed by atoms with E-state index < -0.39 is 0 Å². The lowest BCUT2D eigenvalue weighted by Gasteiger charge is -2.32. The summed E-state index contributed by atoms with van der Waals surface area (Å²) in [4.78, 5) is 23.0. The second-order valence-electron chi connectivity index (χ2n) is 6.26. The number of nitrogens with one attached hydrogen (secondary N) is 1. The minimum Gasteiger partial charge on any atom is -0.376 e. The number of amides is 1. The lowest BCUT2D eigenvalue weighted by molar-refractivity contribution is -0.00259. The first kappa shape index (κ1) is 15.2. The highest BCUT2D eigenvalue weighted by molar-refractivity contribution is 5.92. The summed E-state index contributed by atoms with van der Waals surface area (Å²) in [5, 5.41) is 2.90. The van der Waals surface area contributed by atoms with E-state index in [1.807, 2.05) is 11.8 Å². The van der Waals surface area contributed by atoms with E-state index in [2.05, 4.69) is 15.3 Å². The van der Waals surface area contributed by atoms with Gasteiger partial charge in [-0.1, -0.05) is 0 Å². The van der Waals surface area contributed by atoms with Crippen molar-refractivity contribution in [1.82, 2.24) is 14.9 Å². The van der Waals surface area contributed by atoms with Gasteiger partial charge in [0.1, 0.15) is 5.69 Å². The van der Waals surface area contributed by atoms with Crippen LogP contribution in [-0.2, 0) is 4.74 Å². The van der Waals surface area contributed by atoms with E-state index in [0.717, 1.165) is 37.6 Å². The van der Waals surface area contributed by atoms with Crippen LogP contribution in [0.4, 0.5) is 5.95 Å². The van der Waals surface area contributed by atoms with Crippen molar-refractivity contribution in [3.8, 4) is 0 Å². The van der Waals surface area contributed by atoms with Crippen LogP contribution in [0.2, 0.25) is 0 Å². The molecule has 0 radical (unpaired) electrons. The molecule has 3 rings (SSSR count). The molecule has 120 valence electrons. The number of carbonyl (C=O) groups excluding carboxylic acids is 1. The summed E-state index contributed by atoms with van der Waals surface area (Å²) in [5.41, 5.74) is 1.25. The molecule has 22 heavy (non-hydrogen) atoms. The fourth-order valence-electron chi connectivity index (χ4n) is 2.77. The highest BCUT2D eigenvalue weighted by atomic mass is 16.5. The van der Waals surface area contributed by atoms with Gasteiger partial charge in [0.05, 0.1) is 6.10 Å². The Hall–Kier alpha value is -1.69. The number of rotatable bonds is 5. The summed E-state index contributed by atoms with van der Waals surface area (Å²) >= 11 is 0. The Morgan fingerprint density at radius 1 is 1.41 bits per heavy atom. The number of ether oxygens (including phenoxy) is 1. The van der Waals surface area contributed by atoms with Gasteiger partial charge in [0.15, 0.2) is 0 Å². The van der Waals surface area contributed by atoms with E-state index in [9.17, 15) is 4.79 Å².